The van der Waals surface area contributed by atoms with E-state index in [1.54, 1.807) is 6.08 Å². The van der Waals surface area contributed by atoms with Gasteiger partial charge in [-0.2, -0.15) is 5.26 Å². The van der Waals surface area contributed by atoms with Crippen LogP contribution in [0.3, 0.4) is 0 Å². The molecule has 158 valence electrons. The van der Waals surface area contributed by atoms with Crippen LogP contribution in [0, 0.1) is 39.0 Å². The van der Waals surface area contributed by atoms with E-state index in [2.05, 4.69) is 5.32 Å². The summed E-state index contributed by atoms with van der Waals surface area (Å²) in [5.41, 5.74) is 4.11. The summed E-state index contributed by atoms with van der Waals surface area (Å²) in [7, 11) is 1.38. The van der Waals surface area contributed by atoms with E-state index in [1.165, 1.54) is 18.4 Å². The number of hydrogen-bond acceptors (Lipinski definition) is 5. The van der Waals surface area contributed by atoms with Crippen LogP contribution in [0.25, 0.3) is 11.1 Å². The van der Waals surface area contributed by atoms with Gasteiger partial charge in [0.2, 0.25) is 0 Å². The maximum absolute atomic E-state index is 12.6. The van der Waals surface area contributed by atoms with Crippen LogP contribution in [-0.2, 0) is 9.53 Å². The molecule has 1 N–H and O–H groups in total. The molecule has 0 unspecified atom stereocenters. The summed E-state index contributed by atoms with van der Waals surface area (Å²) >= 11 is 1.53. The first kappa shape index (κ1) is 21.8. The molecule has 2 aromatic rings. The third-order valence-corrected chi connectivity index (χ3v) is 6.98. The zero-order valence-corrected chi connectivity index (χ0v) is 18.9. The number of esters is 1. The van der Waals surface area contributed by atoms with Crippen molar-refractivity contribution in [2.45, 2.75) is 59.4 Å². The number of ether oxygens (including phenoxy) is 1. The number of nitrogens with zero attached hydrogens (tertiary/aromatic N) is 2. The largest absolute Gasteiger partial charge is 0.465 e. The average molecular weight is 426 g/mol. The lowest BCUT2D eigenvalue weighted by molar-refractivity contribution is -0.117. The molecule has 7 heteroatoms. The van der Waals surface area contributed by atoms with Crippen molar-refractivity contribution in [2.75, 3.05) is 7.11 Å². The van der Waals surface area contributed by atoms with Gasteiger partial charge < -0.3 is 14.6 Å². The van der Waals surface area contributed by atoms with Gasteiger partial charge in [0.25, 0.3) is 5.91 Å². The van der Waals surface area contributed by atoms with Gasteiger partial charge in [-0.3, -0.25) is 4.79 Å². The zero-order chi connectivity index (χ0) is 22.0. The summed E-state index contributed by atoms with van der Waals surface area (Å²) < 4.78 is 6.99. The number of rotatable bonds is 5. The van der Waals surface area contributed by atoms with Crippen molar-refractivity contribution in [1.29, 1.82) is 5.26 Å². The number of thiophene rings is 1. The Morgan fingerprint density at radius 3 is 2.53 bits per heavy atom. The topological polar surface area (TPSA) is 84.1 Å². The first-order valence-corrected chi connectivity index (χ1v) is 10.9. The first-order chi connectivity index (χ1) is 14.3. The summed E-state index contributed by atoms with van der Waals surface area (Å²) in [4.78, 5) is 26.0. The number of carbonyl (C=O) groups is 2. The van der Waals surface area contributed by atoms with Gasteiger partial charge in [0, 0.05) is 22.3 Å². The van der Waals surface area contributed by atoms with Crippen molar-refractivity contribution in [1.82, 2.24) is 9.88 Å². The lowest BCUT2D eigenvalue weighted by Gasteiger charge is -2.11. The van der Waals surface area contributed by atoms with Crippen LogP contribution >= 0.6 is 11.3 Å². The molecule has 0 saturated heterocycles. The van der Waals surface area contributed by atoms with Gasteiger partial charge in [0.15, 0.2) is 0 Å². The Morgan fingerprint density at radius 1 is 1.27 bits per heavy atom. The number of carbonyl (C=O) groups excluding carboxylic acids is 2. The number of hydrogen-bond donors (Lipinski definition) is 1. The molecule has 0 radical (unpaired) electrons. The third kappa shape index (κ3) is 4.05. The molecule has 6 nitrogen and oxygen atoms in total. The lowest BCUT2D eigenvalue weighted by atomic mass is 10.1. The van der Waals surface area contributed by atoms with Gasteiger partial charge >= 0.3 is 5.97 Å². The summed E-state index contributed by atoms with van der Waals surface area (Å²) in [6, 6.07) is 4.13. The number of aryl methyl sites for hydroxylation is 2. The number of nitriles is 1. The molecule has 1 fully saturated rings. The van der Waals surface area contributed by atoms with Crippen molar-refractivity contribution >= 4 is 29.3 Å². The second-order valence-electron chi connectivity index (χ2n) is 7.74. The van der Waals surface area contributed by atoms with Gasteiger partial charge in [-0.1, -0.05) is 12.8 Å². The van der Waals surface area contributed by atoms with Crippen LogP contribution in [-0.4, -0.2) is 29.6 Å². The second kappa shape index (κ2) is 8.88. The maximum atomic E-state index is 12.6. The Kier molecular flexibility index (Phi) is 6.47. The van der Waals surface area contributed by atoms with Crippen molar-refractivity contribution in [3.8, 4) is 11.1 Å². The number of nitrogens with one attached hydrogen (secondary N) is 1. The molecule has 0 aromatic carbocycles. The standard InChI is InChI=1S/C23H27N3O3S/c1-13-10-17(11-18(12-24)21(27)25-19-8-6-7-9-19)15(3)26(13)22-20(23(28)29-5)14(2)16(4)30-22/h10-11,19H,6-9H2,1-5H3,(H,25,27)/b18-11+. The maximum Gasteiger partial charge on any atom is 0.341 e. The molecule has 1 amide bonds. The van der Waals surface area contributed by atoms with E-state index in [0.717, 1.165) is 58.1 Å². The quantitative estimate of drug-likeness (QED) is 0.433. The van der Waals surface area contributed by atoms with E-state index < -0.39 is 0 Å². The molecule has 1 aliphatic carbocycles. The molecule has 0 atom stereocenters. The normalized spacial score (nSPS) is 14.6. The highest BCUT2D eigenvalue weighted by Crippen LogP contribution is 2.35. The lowest BCUT2D eigenvalue weighted by Crippen LogP contribution is -2.33. The minimum Gasteiger partial charge on any atom is -0.465 e. The summed E-state index contributed by atoms with van der Waals surface area (Å²) in [6.07, 6.45) is 5.78. The fourth-order valence-electron chi connectivity index (χ4n) is 3.99. The van der Waals surface area contributed by atoms with Gasteiger partial charge in [0.1, 0.15) is 16.6 Å². The highest BCUT2D eigenvalue weighted by molar-refractivity contribution is 7.15. The molecule has 2 heterocycles. The fourth-order valence-corrected chi connectivity index (χ4v) is 5.25. The van der Waals surface area contributed by atoms with E-state index in [9.17, 15) is 14.9 Å². The smallest absolute Gasteiger partial charge is 0.341 e. The van der Waals surface area contributed by atoms with Crippen LogP contribution in [0.5, 0.6) is 0 Å². The van der Waals surface area contributed by atoms with Crippen LogP contribution in [0.15, 0.2) is 11.6 Å². The minimum absolute atomic E-state index is 0.0916. The van der Waals surface area contributed by atoms with Gasteiger partial charge in [0.05, 0.1) is 12.7 Å². The fraction of sp³-hybridized carbons (Fsp3) is 0.435. The van der Waals surface area contributed by atoms with Crippen LogP contribution in [0.1, 0.15) is 63.4 Å². The van der Waals surface area contributed by atoms with E-state index in [0.29, 0.717) is 5.56 Å². The Bertz CT molecular complexity index is 1060. The highest BCUT2D eigenvalue weighted by Gasteiger charge is 2.24. The third-order valence-electron chi connectivity index (χ3n) is 5.78. The molecule has 2 aromatic heterocycles. The Labute approximate surface area is 181 Å². The predicted octanol–water partition coefficient (Wildman–Crippen LogP) is 4.52. The zero-order valence-electron chi connectivity index (χ0n) is 18.1. The molecule has 1 aliphatic rings. The van der Waals surface area contributed by atoms with E-state index in [1.807, 2.05) is 44.4 Å². The Morgan fingerprint density at radius 2 is 1.93 bits per heavy atom. The summed E-state index contributed by atoms with van der Waals surface area (Å²) in [5.74, 6) is -0.697. The molecular formula is C23H27N3O3S. The van der Waals surface area contributed by atoms with Crippen LogP contribution in [0.4, 0.5) is 0 Å². The highest BCUT2D eigenvalue weighted by atomic mass is 32.1. The Balaban J connectivity index is 2.01. The van der Waals surface area contributed by atoms with Crippen molar-refractivity contribution < 1.29 is 14.3 Å². The van der Waals surface area contributed by atoms with E-state index >= 15 is 0 Å². The first-order valence-electron chi connectivity index (χ1n) is 10.1. The van der Waals surface area contributed by atoms with E-state index in [-0.39, 0.29) is 23.5 Å². The average Bonchev–Trinajstić information content (AvgIpc) is 3.39. The van der Waals surface area contributed by atoms with E-state index in [4.69, 9.17) is 4.74 Å². The SMILES string of the molecule is COC(=O)c1c(-n2c(C)cc(/C=C(\C#N)C(=O)NC3CCCC3)c2C)sc(C)c1C. The molecule has 1 saturated carbocycles. The summed E-state index contributed by atoms with van der Waals surface area (Å²) in [5, 5.41) is 13.3. The van der Waals surface area contributed by atoms with Gasteiger partial charge in [-0.15, -0.1) is 11.3 Å². The number of aromatic nitrogens is 1. The number of amides is 1. The monoisotopic (exact) mass is 425 g/mol. The molecular weight excluding hydrogens is 398 g/mol. The molecule has 30 heavy (non-hydrogen) atoms. The number of methoxy groups -OCH3 is 1. The Hall–Kier alpha value is -2.85. The van der Waals surface area contributed by atoms with Gasteiger partial charge in [-0.25, -0.2) is 4.79 Å². The van der Waals surface area contributed by atoms with Gasteiger partial charge in [-0.05, 0) is 63.8 Å². The second-order valence-corrected chi connectivity index (χ2v) is 8.94. The predicted molar refractivity (Wildman–Crippen MR) is 118 cm³/mol. The summed E-state index contributed by atoms with van der Waals surface area (Å²) in [6.45, 7) is 7.76. The van der Waals surface area contributed by atoms with Crippen molar-refractivity contribution in [2.24, 2.45) is 0 Å². The van der Waals surface area contributed by atoms with Crippen molar-refractivity contribution in [3.63, 3.8) is 0 Å². The van der Waals surface area contributed by atoms with Crippen molar-refractivity contribution in [3.05, 3.63) is 44.6 Å². The molecule has 0 bridgehead atoms. The van der Waals surface area contributed by atoms with Crippen LogP contribution in [0.2, 0.25) is 0 Å². The molecule has 3 rings (SSSR count). The minimum atomic E-state index is -0.370. The molecule has 0 spiro atoms. The van der Waals surface area contributed by atoms with Crippen LogP contribution < -0.4 is 5.32 Å². The molecule has 0 aliphatic heterocycles.